The minimum absolute atomic E-state index is 0.328. The zero-order valence-corrected chi connectivity index (χ0v) is 15.9. The number of aromatic nitrogens is 1. The Morgan fingerprint density at radius 2 is 2.25 bits per heavy atom. The maximum Gasteiger partial charge on any atom is 0.308 e. The summed E-state index contributed by atoms with van der Waals surface area (Å²) in [5.41, 5.74) is 5.74. The summed E-state index contributed by atoms with van der Waals surface area (Å²) in [5.74, 6) is 0.214. The topological polar surface area (TPSA) is 51.2 Å². The maximum atomic E-state index is 11.3. The third-order valence-corrected chi connectivity index (χ3v) is 4.64. The Balaban J connectivity index is 2.03. The van der Waals surface area contributed by atoms with Crippen LogP contribution < -0.4 is 10.1 Å². The Labute approximate surface area is 157 Å². The van der Waals surface area contributed by atoms with Gasteiger partial charge in [-0.3, -0.25) is 4.79 Å². The van der Waals surface area contributed by atoms with E-state index in [2.05, 4.69) is 39.0 Å². The lowest BCUT2D eigenvalue weighted by Gasteiger charge is -2.09. The molecule has 122 valence electrons. The number of fused-ring (bicyclic) bond motifs is 1. The van der Waals surface area contributed by atoms with Crippen molar-refractivity contribution in [2.75, 3.05) is 11.9 Å². The molecule has 1 N–H and O–H groups in total. The van der Waals surface area contributed by atoms with Crippen molar-refractivity contribution < 1.29 is 9.53 Å². The average molecular weight is 450 g/mol. The van der Waals surface area contributed by atoms with Crippen molar-refractivity contribution in [3.8, 4) is 16.9 Å². The number of hydrogen-bond acceptors (Lipinski definition) is 5. The quantitative estimate of drug-likeness (QED) is 0.328. The van der Waals surface area contributed by atoms with Gasteiger partial charge in [-0.2, -0.15) is 0 Å². The van der Waals surface area contributed by atoms with E-state index in [1.807, 2.05) is 40.5 Å². The SMILES string of the molecule is CC(=O)Oc1cc(-c2cccc(NC/C=C/I)c2)c2ncsc2c1. The highest BCUT2D eigenvalue weighted by atomic mass is 127. The molecule has 6 heteroatoms. The summed E-state index contributed by atoms with van der Waals surface area (Å²) in [4.78, 5) is 15.8. The van der Waals surface area contributed by atoms with Gasteiger partial charge in [0.15, 0.2) is 0 Å². The predicted molar refractivity (Wildman–Crippen MR) is 108 cm³/mol. The molecule has 0 aliphatic carbocycles. The molecule has 0 atom stereocenters. The van der Waals surface area contributed by atoms with Crippen molar-refractivity contribution in [2.45, 2.75) is 6.92 Å². The molecule has 0 aliphatic rings. The molecule has 0 aliphatic heterocycles. The van der Waals surface area contributed by atoms with E-state index in [0.717, 1.165) is 33.6 Å². The van der Waals surface area contributed by atoms with Crippen molar-refractivity contribution in [3.63, 3.8) is 0 Å². The van der Waals surface area contributed by atoms with Gasteiger partial charge in [0.25, 0.3) is 0 Å². The molecule has 0 amide bonds. The highest BCUT2D eigenvalue weighted by molar-refractivity contribution is 14.1. The zero-order valence-electron chi connectivity index (χ0n) is 13.0. The van der Waals surface area contributed by atoms with Crippen LogP contribution in [0.4, 0.5) is 5.69 Å². The number of carbonyl (C=O) groups excluding carboxylic acids is 1. The van der Waals surface area contributed by atoms with E-state index in [0.29, 0.717) is 5.75 Å². The molecule has 3 aromatic rings. The van der Waals surface area contributed by atoms with Crippen LogP contribution in [0.5, 0.6) is 5.75 Å². The molecule has 4 nitrogen and oxygen atoms in total. The van der Waals surface area contributed by atoms with E-state index in [9.17, 15) is 4.79 Å². The van der Waals surface area contributed by atoms with Gasteiger partial charge in [0.2, 0.25) is 0 Å². The molecular weight excluding hydrogens is 435 g/mol. The fourth-order valence-corrected chi connectivity index (χ4v) is 3.39. The van der Waals surface area contributed by atoms with E-state index >= 15 is 0 Å². The van der Waals surface area contributed by atoms with Gasteiger partial charge < -0.3 is 10.1 Å². The summed E-state index contributed by atoms with van der Waals surface area (Å²) in [6, 6.07) is 11.9. The van der Waals surface area contributed by atoms with Gasteiger partial charge >= 0.3 is 5.97 Å². The molecular formula is C18H15IN2O2S. The Bertz CT molecular complexity index is 905. The second kappa shape index (κ2) is 7.76. The number of esters is 1. The number of anilines is 1. The van der Waals surface area contributed by atoms with Crippen LogP contribution in [0.2, 0.25) is 0 Å². The van der Waals surface area contributed by atoms with Gasteiger partial charge in [0.05, 0.1) is 15.7 Å². The summed E-state index contributed by atoms with van der Waals surface area (Å²) < 4.78 is 8.26. The van der Waals surface area contributed by atoms with Crippen LogP contribution >= 0.6 is 33.9 Å². The summed E-state index contributed by atoms with van der Waals surface area (Å²) in [5, 5.41) is 3.35. The number of ether oxygens (including phenoxy) is 1. The molecule has 0 saturated heterocycles. The van der Waals surface area contributed by atoms with Crippen LogP contribution in [0, 0.1) is 0 Å². The van der Waals surface area contributed by atoms with Gasteiger partial charge in [0, 0.05) is 30.8 Å². The summed E-state index contributed by atoms with van der Waals surface area (Å²) in [6.45, 7) is 2.17. The van der Waals surface area contributed by atoms with E-state index in [1.165, 1.54) is 18.3 Å². The monoisotopic (exact) mass is 450 g/mol. The second-order valence-electron chi connectivity index (χ2n) is 5.09. The number of rotatable bonds is 5. The van der Waals surface area contributed by atoms with Crippen molar-refractivity contribution in [3.05, 3.63) is 52.1 Å². The van der Waals surface area contributed by atoms with Gasteiger partial charge in [-0.15, -0.1) is 11.3 Å². The van der Waals surface area contributed by atoms with Gasteiger partial charge in [-0.05, 0) is 27.8 Å². The molecule has 0 bridgehead atoms. The van der Waals surface area contributed by atoms with E-state index < -0.39 is 0 Å². The predicted octanol–water partition coefficient (Wildman–Crippen LogP) is 5.25. The van der Waals surface area contributed by atoms with Crippen LogP contribution in [-0.4, -0.2) is 17.5 Å². The molecule has 0 saturated carbocycles. The number of thiazole rings is 1. The fourth-order valence-electron chi connectivity index (χ4n) is 2.40. The van der Waals surface area contributed by atoms with Crippen LogP contribution in [-0.2, 0) is 4.79 Å². The standard InChI is InChI=1S/C18H15IN2O2S/c1-12(22)23-15-9-16(18-17(10-15)24-11-21-18)13-4-2-5-14(8-13)20-7-3-6-19/h2-6,8-11,20H,7H2,1H3/b6-3+. The first-order chi connectivity index (χ1) is 11.7. The Morgan fingerprint density at radius 3 is 3.04 bits per heavy atom. The summed E-state index contributed by atoms with van der Waals surface area (Å²) in [6.07, 6.45) is 2.05. The van der Waals surface area contributed by atoms with Crippen molar-refractivity contribution in [2.24, 2.45) is 0 Å². The summed E-state index contributed by atoms with van der Waals surface area (Å²) >= 11 is 3.73. The third kappa shape index (κ3) is 3.93. The lowest BCUT2D eigenvalue weighted by molar-refractivity contribution is -0.131. The highest BCUT2D eigenvalue weighted by Gasteiger charge is 2.11. The van der Waals surface area contributed by atoms with Crippen LogP contribution in [0.3, 0.4) is 0 Å². The molecule has 2 aromatic carbocycles. The minimum Gasteiger partial charge on any atom is -0.427 e. The zero-order chi connectivity index (χ0) is 16.9. The number of nitrogens with one attached hydrogen (secondary N) is 1. The third-order valence-electron chi connectivity index (χ3n) is 3.36. The first-order valence-electron chi connectivity index (χ1n) is 7.32. The van der Waals surface area contributed by atoms with Crippen molar-refractivity contribution in [1.29, 1.82) is 0 Å². The van der Waals surface area contributed by atoms with Crippen LogP contribution in [0.15, 0.2) is 52.1 Å². The normalized spacial score (nSPS) is 11.1. The Kier molecular flexibility index (Phi) is 5.47. The lowest BCUT2D eigenvalue weighted by Crippen LogP contribution is -2.01. The average Bonchev–Trinajstić information content (AvgIpc) is 3.02. The minimum atomic E-state index is -0.328. The van der Waals surface area contributed by atoms with Crippen LogP contribution in [0.1, 0.15) is 6.92 Å². The molecule has 24 heavy (non-hydrogen) atoms. The number of carbonyl (C=O) groups is 1. The summed E-state index contributed by atoms with van der Waals surface area (Å²) in [7, 11) is 0. The fraction of sp³-hybridized carbons (Fsp3) is 0.111. The molecule has 1 heterocycles. The molecule has 0 fully saturated rings. The largest absolute Gasteiger partial charge is 0.427 e. The first kappa shape index (κ1) is 16.9. The number of hydrogen-bond donors (Lipinski definition) is 1. The first-order valence-corrected chi connectivity index (χ1v) is 9.45. The van der Waals surface area contributed by atoms with Crippen molar-refractivity contribution in [1.82, 2.24) is 4.98 Å². The maximum absolute atomic E-state index is 11.3. The van der Waals surface area contributed by atoms with E-state index in [4.69, 9.17) is 4.74 Å². The molecule has 1 aromatic heterocycles. The van der Waals surface area contributed by atoms with Gasteiger partial charge in [-0.25, -0.2) is 4.98 Å². The molecule has 0 radical (unpaired) electrons. The van der Waals surface area contributed by atoms with Gasteiger partial charge in [-0.1, -0.05) is 40.8 Å². The molecule has 0 spiro atoms. The number of benzene rings is 2. The highest BCUT2D eigenvalue weighted by Crippen LogP contribution is 2.35. The Morgan fingerprint density at radius 1 is 1.38 bits per heavy atom. The van der Waals surface area contributed by atoms with Crippen LogP contribution in [0.25, 0.3) is 21.3 Å². The molecule has 0 unspecified atom stereocenters. The lowest BCUT2D eigenvalue weighted by atomic mass is 10.0. The van der Waals surface area contributed by atoms with Crippen molar-refractivity contribution >= 4 is 55.8 Å². The number of nitrogens with zero attached hydrogens (tertiary/aromatic N) is 1. The Hall–Kier alpha value is -1.93. The van der Waals surface area contributed by atoms with E-state index in [1.54, 1.807) is 5.51 Å². The van der Waals surface area contributed by atoms with Gasteiger partial charge in [0.1, 0.15) is 5.75 Å². The number of halogens is 1. The smallest absolute Gasteiger partial charge is 0.308 e. The molecule has 3 rings (SSSR count). The second-order valence-corrected chi connectivity index (χ2v) is 6.69. The van der Waals surface area contributed by atoms with E-state index in [-0.39, 0.29) is 5.97 Å².